The maximum atomic E-state index is 13.4. The van der Waals surface area contributed by atoms with E-state index in [1.165, 1.54) is 6.07 Å². The molecule has 5 heterocycles. The van der Waals surface area contributed by atoms with Crippen molar-refractivity contribution < 1.29 is 37.5 Å². The monoisotopic (exact) mass is 801 g/mol. The zero-order chi connectivity index (χ0) is 40.9. The molecule has 4 aliphatic rings. The lowest BCUT2D eigenvalue weighted by atomic mass is 9.89. The van der Waals surface area contributed by atoms with Gasteiger partial charge in [0.2, 0.25) is 11.8 Å². The van der Waals surface area contributed by atoms with Crippen LogP contribution in [-0.4, -0.2) is 105 Å². The van der Waals surface area contributed by atoms with Gasteiger partial charge in [0, 0.05) is 92.5 Å². The maximum Gasteiger partial charge on any atom is 0.433 e. The van der Waals surface area contributed by atoms with E-state index in [9.17, 15) is 37.5 Å². The van der Waals surface area contributed by atoms with Crippen LogP contribution in [0.25, 0.3) is 10.9 Å². The van der Waals surface area contributed by atoms with Crippen molar-refractivity contribution >= 4 is 51.7 Å². The molecule has 306 valence electrons. The Hall–Kier alpha value is -5.55. The van der Waals surface area contributed by atoms with Crippen molar-refractivity contribution in [1.82, 2.24) is 29.9 Å². The molecule has 14 nitrogen and oxygen atoms in total. The molecule has 1 aliphatic carbocycles. The molecule has 1 saturated carbocycles. The van der Waals surface area contributed by atoms with Gasteiger partial charge in [0.25, 0.3) is 5.91 Å². The van der Waals surface area contributed by atoms with Crippen LogP contribution in [0.5, 0.6) is 0 Å². The standard InChI is InChI=1S/C41H46F3N9O5/c1-40(2,58)31-21-33-25(20-34(31)46-37(55)32-4-3-5-35(45-32)41(42,43)44)24-53(48-33)30-12-8-27(9-13-30)49-16-18-50(19-17-49)38(56)26-22-51(23-26)28-6-10-29(11-7-28)52-15-14-36(54)47-39(52)57/h3-7,10-11,20-21,24,26-27,30,58H,8-9,12-19,22-23H2,1-2H3,(H,46,55)(H,47,54,57). The second kappa shape index (κ2) is 15.3. The number of alkyl halides is 3. The van der Waals surface area contributed by atoms with Gasteiger partial charge in [-0.25, -0.2) is 9.78 Å². The Labute approximate surface area is 333 Å². The zero-order valence-corrected chi connectivity index (χ0v) is 32.3. The molecule has 0 unspecified atom stereocenters. The molecule has 0 radical (unpaired) electrons. The minimum atomic E-state index is -4.70. The van der Waals surface area contributed by atoms with Crippen molar-refractivity contribution in [3.63, 3.8) is 0 Å². The number of amides is 5. The molecule has 2 aromatic carbocycles. The number of urea groups is 1. The number of rotatable bonds is 8. The molecule has 3 aliphatic heterocycles. The Bertz CT molecular complexity index is 2220. The minimum Gasteiger partial charge on any atom is -0.386 e. The first-order valence-electron chi connectivity index (χ1n) is 19.7. The average Bonchev–Trinajstić information content (AvgIpc) is 3.60. The van der Waals surface area contributed by atoms with E-state index in [-0.39, 0.29) is 35.9 Å². The number of anilines is 3. The Morgan fingerprint density at radius 2 is 1.55 bits per heavy atom. The summed E-state index contributed by atoms with van der Waals surface area (Å²) in [6, 6.07) is 14.3. The predicted octanol–water partition coefficient (Wildman–Crippen LogP) is 5.14. The normalized spacial score (nSPS) is 21.2. The molecule has 3 N–H and O–H groups in total. The van der Waals surface area contributed by atoms with Gasteiger partial charge in [-0.05, 0) is 88.1 Å². The van der Waals surface area contributed by atoms with Crippen molar-refractivity contribution in [2.45, 2.75) is 69.8 Å². The van der Waals surface area contributed by atoms with Crippen LogP contribution in [0.3, 0.4) is 0 Å². The van der Waals surface area contributed by atoms with Crippen LogP contribution < -0.4 is 20.4 Å². The van der Waals surface area contributed by atoms with Gasteiger partial charge >= 0.3 is 12.2 Å². The van der Waals surface area contributed by atoms with Crippen LogP contribution >= 0.6 is 0 Å². The summed E-state index contributed by atoms with van der Waals surface area (Å²) in [5.41, 5.74) is 0.0336. The van der Waals surface area contributed by atoms with Crippen LogP contribution in [0.4, 0.5) is 35.0 Å². The molecular formula is C41H46F3N9O5. The second-order valence-electron chi connectivity index (χ2n) is 16.2. The van der Waals surface area contributed by atoms with Gasteiger partial charge in [0.15, 0.2) is 0 Å². The number of imide groups is 1. The number of nitrogens with one attached hydrogen (secondary N) is 2. The van der Waals surface area contributed by atoms with E-state index in [2.05, 4.69) is 25.4 Å². The van der Waals surface area contributed by atoms with Crippen molar-refractivity contribution in [3.8, 4) is 0 Å². The highest BCUT2D eigenvalue weighted by Gasteiger charge is 2.38. The van der Waals surface area contributed by atoms with Gasteiger partial charge in [0.1, 0.15) is 11.4 Å². The number of benzene rings is 2. The third kappa shape index (κ3) is 8.09. The van der Waals surface area contributed by atoms with Crippen LogP contribution in [0.2, 0.25) is 0 Å². The molecule has 17 heteroatoms. The number of piperazine rings is 1. The predicted molar refractivity (Wildman–Crippen MR) is 209 cm³/mol. The number of hydrogen-bond acceptors (Lipinski definition) is 9. The Balaban J connectivity index is 0.825. The van der Waals surface area contributed by atoms with Gasteiger partial charge < -0.3 is 20.2 Å². The fourth-order valence-electron chi connectivity index (χ4n) is 8.55. The summed E-state index contributed by atoms with van der Waals surface area (Å²) in [5.74, 6) is -0.951. The number of pyridine rings is 1. The van der Waals surface area contributed by atoms with Crippen molar-refractivity contribution in [2.75, 3.05) is 60.9 Å². The number of aromatic nitrogens is 3. The summed E-state index contributed by atoms with van der Waals surface area (Å²) in [7, 11) is 0. The minimum absolute atomic E-state index is 0.0515. The molecule has 58 heavy (non-hydrogen) atoms. The number of hydrogen-bond donors (Lipinski definition) is 3. The Morgan fingerprint density at radius 1 is 0.879 bits per heavy atom. The van der Waals surface area contributed by atoms with Crippen LogP contribution in [-0.2, 0) is 21.4 Å². The Morgan fingerprint density at radius 3 is 2.21 bits per heavy atom. The summed E-state index contributed by atoms with van der Waals surface area (Å²) in [6.45, 7) is 7.81. The van der Waals surface area contributed by atoms with Gasteiger partial charge in [0.05, 0.1) is 23.1 Å². The van der Waals surface area contributed by atoms with Gasteiger partial charge in [-0.2, -0.15) is 18.3 Å². The highest BCUT2D eigenvalue weighted by molar-refractivity contribution is 6.06. The van der Waals surface area contributed by atoms with E-state index in [0.717, 1.165) is 67.7 Å². The Kier molecular flexibility index (Phi) is 10.4. The van der Waals surface area contributed by atoms with E-state index < -0.39 is 35.1 Å². The molecule has 3 saturated heterocycles. The fraction of sp³-hybridized carbons (Fsp3) is 0.463. The molecule has 0 spiro atoms. The van der Waals surface area contributed by atoms with Crippen molar-refractivity contribution in [3.05, 3.63) is 77.7 Å². The van der Waals surface area contributed by atoms with Crippen LogP contribution in [0, 0.1) is 5.92 Å². The zero-order valence-electron chi connectivity index (χ0n) is 32.3. The largest absolute Gasteiger partial charge is 0.433 e. The van der Waals surface area contributed by atoms with Crippen LogP contribution in [0.1, 0.15) is 73.7 Å². The first-order valence-corrected chi connectivity index (χ1v) is 19.7. The summed E-state index contributed by atoms with van der Waals surface area (Å²) in [6.07, 6.45) is 1.25. The number of fused-ring (bicyclic) bond motifs is 1. The fourth-order valence-corrected chi connectivity index (χ4v) is 8.55. The summed E-state index contributed by atoms with van der Waals surface area (Å²) < 4.78 is 41.7. The SMILES string of the molecule is CC(C)(O)c1cc2nn(C3CCC(N4CCN(C(=O)C5CN(c6ccc(N7CCC(=O)NC7=O)cc6)C5)CC4)CC3)cc2cc1NC(=O)c1cccc(C(F)(F)F)n1. The highest BCUT2D eigenvalue weighted by atomic mass is 19.4. The first kappa shape index (κ1) is 39.3. The van der Waals surface area contributed by atoms with E-state index in [1.54, 1.807) is 30.9 Å². The topological polar surface area (TPSA) is 156 Å². The number of carbonyl (C=O) groups is 4. The van der Waals surface area contributed by atoms with Gasteiger partial charge in [-0.3, -0.25) is 34.2 Å². The third-order valence-electron chi connectivity index (χ3n) is 11.8. The lowest BCUT2D eigenvalue weighted by Crippen LogP contribution is -2.59. The quantitative estimate of drug-likeness (QED) is 0.220. The molecule has 0 atom stereocenters. The van der Waals surface area contributed by atoms with E-state index in [4.69, 9.17) is 5.10 Å². The lowest BCUT2D eigenvalue weighted by Gasteiger charge is -2.45. The average molecular weight is 802 g/mol. The van der Waals surface area contributed by atoms with Gasteiger partial charge in [-0.1, -0.05) is 6.07 Å². The number of carbonyl (C=O) groups excluding carboxylic acids is 4. The molecule has 4 aromatic rings. The second-order valence-corrected chi connectivity index (χ2v) is 16.2. The van der Waals surface area contributed by atoms with E-state index in [1.807, 2.05) is 40.0 Å². The van der Waals surface area contributed by atoms with E-state index in [0.29, 0.717) is 49.8 Å². The summed E-state index contributed by atoms with van der Waals surface area (Å²) in [5, 5.41) is 21.5. The molecule has 5 amide bonds. The molecule has 4 fully saturated rings. The molecule has 2 aromatic heterocycles. The summed E-state index contributed by atoms with van der Waals surface area (Å²) >= 11 is 0. The van der Waals surface area contributed by atoms with Gasteiger partial charge in [-0.15, -0.1) is 0 Å². The molecular weight excluding hydrogens is 756 g/mol. The molecule has 0 bridgehead atoms. The first-order chi connectivity index (χ1) is 27.6. The highest BCUT2D eigenvalue weighted by Crippen LogP contribution is 2.36. The number of nitrogens with zero attached hydrogens (tertiary/aromatic N) is 7. The van der Waals surface area contributed by atoms with Crippen molar-refractivity contribution in [2.24, 2.45) is 5.92 Å². The number of halogens is 3. The third-order valence-corrected chi connectivity index (χ3v) is 11.8. The number of aliphatic hydroxyl groups is 1. The van der Waals surface area contributed by atoms with E-state index >= 15 is 0 Å². The lowest BCUT2D eigenvalue weighted by molar-refractivity contribution is -0.141. The molecule has 8 rings (SSSR count). The van der Waals surface area contributed by atoms with Crippen molar-refractivity contribution in [1.29, 1.82) is 0 Å². The smallest absolute Gasteiger partial charge is 0.386 e. The summed E-state index contributed by atoms with van der Waals surface area (Å²) in [4.78, 5) is 61.8. The maximum absolute atomic E-state index is 13.4. The van der Waals surface area contributed by atoms with Crippen LogP contribution in [0.15, 0.2) is 60.8 Å².